The quantitative estimate of drug-likeness (QED) is 0.737. The van der Waals surface area contributed by atoms with Crippen molar-refractivity contribution in [3.63, 3.8) is 0 Å². The number of anilines is 1. The highest BCUT2D eigenvalue weighted by Crippen LogP contribution is 2.42. The first-order chi connectivity index (χ1) is 11.0. The molecule has 1 aromatic carbocycles. The smallest absolute Gasteiger partial charge is 0.256 e. The summed E-state index contributed by atoms with van der Waals surface area (Å²) in [5.74, 6) is 1.16. The molecule has 128 valence electrons. The van der Waals surface area contributed by atoms with Gasteiger partial charge in [-0.3, -0.25) is 4.79 Å². The van der Waals surface area contributed by atoms with Gasteiger partial charge in [-0.15, -0.1) is 0 Å². The summed E-state index contributed by atoms with van der Waals surface area (Å²) >= 11 is 0. The molecule has 1 aromatic rings. The predicted molar refractivity (Wildman–Crippen MR) is 93.0 cm³/mol. The number of aryl methyl sites for hydroxylation is 1. The van der Waals surface area contributed by atoms with Crippen molar-refractivity contribution in [3.05, 3.63) is 23.8 Å². The summed E-state index contributed by atoms with van der Waals surface area (Å²) in [5.41, 5.74) is 1.10. The zero-order valence-electron chi connectivity index (χ0n) is 14.8. The topological polar surface area (TPSA) is 47.6 Å². The second kappa shape index (κ2) is 7.82. The Balaban J connectivity index is 2.05. The largest absolute Gasteiger partial charge is 0.493 e. The van der Waals surface area contributed by atoms with Crippen molar-refractivity contribution in [1.82, 2.24) is 0 Å². The standard InChI is InChI=1S/C19H29NO3/c1-5-11-22-17-10-9-16(13-14(17)3)20-18(21)19(4,15-7-8-15)23-12-6-2/h9-10,13,15H,5-8,11-12H2,1-4H3,(H,20,21)/t19-/m1/s1. The average Bonchev–Trinajstić information content (AvgIpc) is 3.37. The second-order valence-electron chi connectivity index (χ2n) is 6.51. The van der Waals surface area contributed by atoms with E-state index >= 15 is 0 Å². The minimum atomic E-state index is -0.721. The van der Waals surface area contributed by atoms with Crippen molar-refractivity contribution in [3.8, 4) is 5.75 Å². The third kappa shape index (κ3) is 4.47. The van der Waals surface area contributed by atoms with Crippen LogP contribution in [0.2, 0.25) is 0 Å². The van der Waals surface area contributed by atoms with Crippen LogP contribution in [-0.4, -0.2) is 24.7 Å². The zero-order valence-corrected chi connectivity index (χ0v) is 14.8. The second-order valence-corrected chi connectivity index (χ2v) is 6.51. The van der Waals surface area contributed by atoms with Gasteiger partial charge in [0.05, 0.1) is 6.61 Å². The van der Waals surface area contributed by atoms with Crippen LogP contribution in [0.25, 0.3) is 0 Å². The van der Waals surface area contributed by atoms with Gasteiger partial charge < -0.3 is 14.8 Å². The first kappa shape index (κ1) is 17.8. The van der Waals surface area contributed by atoms with Crippen LogP contribution < -0.4 is 10.1 Å². The summed E-state index contributed by atoms with van der Waals surface area (Å²) in [7, 11) is 0. The number of rotatable bonds is 9. The third-order valence-electron chi connectivity index (χ3n) is 4.31. The molecule has 0 unspecified atom stereocenters. The zero-order chi connectivity index (χ0) is 16.9. The lowest BCUT2D eigenvalue weighted by Crippen LogP contribution is -2.45. The summed E-state index contributed by atoms with van der Waals surface area (Å²) < 4.78 is 11.6. The lowest BCUT2D eigenvalue weighted by Gasteiger charge is -2.28. The van der Waals surface area contributed by atoms with Crippen LogP contribution in [0, 0.1) is 12.8 Å². The summed E-state index contributed by atoms with van der Waals surface area (Å²) in [6.07, 6.45) is 4.03. The third-order valence-corrected chi connectivity index (χ3v) is 4.31. The summed E-state index contributed by atoms with van der Waals surface area (Å²) in [6, 6.07) is 5.76. The predicted octanol–water partition coefficient (Wildman–Crippen LogP) is 4.32. The molecule has 0 aliphatic heterocycles. The molecular formula is C19H29NO3. The number of nitrogens with one attached hydrogen (secondary N) is 1. The molecule has 0 heterocycles. The number of carbonyl (C=O) groups is 1. The molecule has 1 atom stereocenters. The van der Waals surface area contributed by atoms with E-state index in [2.05, 4.69) is 19.2 Å². The van der Waals surface area contributed by atoms with Crippen LogP contribution in [0.15, 0.2) is 18.2 Å². The van der Waals surface area contributed by atoms with Crippen molar-refractivity contribution in [1.29, 1.82) is 0 Å². The van der Waals surface area contributed by atoms with Crippen LogP contribution in [0.1, 0.15) is 52.0 Å². The van der Waals surface area contributed by atoms with E-state index in [1.807, 2.05) is 32.0 Å². The van der Waals surface area contributed by atoms with Gasteiger partial charge in [0.25, 0.3) is 5.91 Å². The SMILES string of the molecule is CCCOc1ccc(NC(=O)[C@](C)(OCCC)C2CC2)cc1C. The van der Waals surface area contributed by atoms with Crippen LogP contribution >= 0.6 is 0 Å². The number of carbonyl (C=O) groups excluding carboxylic acids is 1. The van der Waals surface area contributed by atoms with E-state index in [0.717, 1.165) is 42.7 Å². The normalized spacial score (nSPS) is 16.7. The van der Waals surface area contributed by atoms with Gasteiger partial charge in [-0.25, -0.2) is 0 Å². The minimum absolute atomic E-state index is 0.0462. The molecule has 0 radical (unpaired) electrons. The lowest BCUT2D eigenvalue weighted by molar-refractivity contribution is -0.142. The molecule has 23 heavy (non-hydrogen) atoms. The van der Waals surface area contributed by atoms with E-state index in [1.54, 1.807) is 0 Å². The molecule has 0 saturated heterocycles. The molecule has 0 spiro atoms. The van der Waals surface area contributed by atoms with E-state index in [9.17, 15) is 4.79 Å². The molecule has 4 nitrogen and oxygen atoms in total. The van der Waals surface area contributed by atoms with Gasteiger partial charge in [-0.2, -0.15) is 0 Å². The molecule has 1 aliphatic carbocycles. The van der Waals surface area contributed by atoms with E-state index in [4.69, 9.17) is 9.47 Å². The Kier molecular flexibility index (Phi) is 6.05. The van der Waals surface area contributed by atoms with Crippen molar-refractivity contribution in [2.24, 2.45) is 5.92 Å². The Labute approximate surface area is 139 Å². The molecule has 1 saturated carbocycles. The summed E-state index contributed by atoms with van der Waals surface area (Å²) in [5, 5.41) is 3.02. The van der Waals surface area contributed by atoms with Crippen LogP contribution in [0.5, 0.6) is 5.75 Å². The molecule has 1 N–H and O–H groups in total. The molecule has 1 fully saturated rings. The molecule has 4 heteroatoms. The number of amides is 1. The van der Waals surface area contributed by atoms with Gasteiger partial charge in [0.15, 0.2) is 0 Å². The molecule has 1 aliphatic rings. The van der Waals surface area contributed by atoms with Gasteiger partial charge in [-0.1, -0.05) is 13.8 Å². The van der Waals surface area contributed by atoms with Gasteiger partial charge in [0.2, 0.25) is 0 Å². The maximum absolute atomic E-state index is 12.7. The van der Waals surface area contributed by atoms with Gasteiger partial charge in [0.1, 0.15) is 11.4 Å². The summed E-state index contributed by atoms with van der Waals surface area (Å²) in [6.45, 7) is 9.37. The number of hydrogen-bond acceptors (Lipinski definition) is 3. The van der Waals surface area contributed by atoms with Crippen molar-refractivity contribution in [2.45, 2.75) is 59.0 Å². The number of hydrogen-bond donors (Lipinski definition) is 1. The Morgan fingerprint density at radius 1 is 1.26 bits per heavy atom. The average molecular weight is 319 g/mol. The first-order valence-electron chi connectivity index (χ1n) is 8.70. The Morgan fingerprint density at radius 3 is 2.52 bits per heavy atom. The molecule has 2 rings (SSSR count). The lowest BCUT2D eigenvalue weighted by atomic mass is 9.98. The van der Waals surface area contributed by atoms with Crippen LogP contribution in [0.3, 0.4) is 0 Å². The monoisotopic (exact) mass is 319 g/mol. The summed E-state index contributed by atoms with van der Waals surface area (Å²) in [4.78, 5) is 12.7. The molecular weight excluding hydrogens is 290 g/mol. The van der Waals surface area contributed by atoms with Crippen LogP contribution in [-0.2, 0) is 9.53 Å². The highest BCUT2D eigenvalue weighted by molar-refractivity contribution is 5.97. The maximum Gasteiger partial charge on any atom is 0.256 e. The number of ether oxygens (including phenoxy) is 2. The Morgan fingerprint density at radius 2 is 1.96 bits per heavy atom. The van der Waals surface area contributed by atoms with Crippen LogP contribution in [0.4, 0.5) is 5.69 Å². The van der Waals surface area contributed by atoms with E-state index in [-0.39, 0.29) is 5.91 Å². The fraction of sp³-hybridized carbons (Fsp3) is 0.632. The molecule has 0 bridgehead atoms. The highest BCUT2D eigenvalue weighted by Gasteiger charge is 2.48. The molecule has 1 amide bonds. The van der Waals surface area contributed by atoms with Gasteiger partial charge in [-0.05, 0) is 69.2 Å². The van der Waals surface area contributed by atoms with E-state index in [1.165, 1.54) is 0 Å². The first-order valence-corrected chi connectivity index (χ1v) is 8.70. The Hall–Kier alpha value is -1.55. The van der Waals surface area contributed by atoms with Gasteiger partial charge in [0, 0.05) is 12.3 Å². The van der Waals surface area contributed by atoms with Crippen molar-refractivity contribution >= 4 is 11.6 Å². The molecule has 0 aromatic heterocycles. The van der Waals surface area contributed by atoms with E-state index in [0.29, 0.717) is 19.1 Å². The Bertz CT molecular complexity index is 539. The van der Waals surface area contributed by atoms with Crippen molar-refractivity contribution in [2.75, 3.05) is 18.5 Å². The minimum Gasteiger partial charge on any atom is -0.493 e. The van der Waals surface area contributed by atoms with Crippen molar-refractivity contribution < 1.29 is 14.3 Å². The fourth-order valence-electron chi connectivity index (χ4n) is 2.67. The van der Waals surface area contributed by atoms with E-state index < -0.39 is 5.60 Å². The maximum atomic E-state index is 12.7. The van der Waals surface area contributed by atoms with Gasteiger partial charge >= 0.3 is 0 Å². The fourth-order valence-corrected chi connectivity index (χ4v) is 2.67. The highest BCUT2D eigenvalue weighted by atomic mass is 16.5. The number of benzene rings is 1.